The quantitative estimate of drug-likeness (QED) is 0.392. The minimum atomic E-state index is 0.205. The summed E-state index contributed by atoms with van der Waals surface area (Å²) >= 11 is 1.73. The van der Waals surface area contributed by atoms with Gasteiger partial charge in [-0.25, -0.2) is 14.5 Å². The van der Waals surface area contributed by atoms with Crippen molar-refractivity contribution in [3.63, 3.8) is 0 Å². The van der Waals surface area contributed by atoms with Crippen LogP contribution in [0, 0.1) is 6.92 Å². The number of aromatic amines is 1. The van der Waals surface area contributed by atoms with Crippen molar-refractivity contribution < 1.29 is 9.53 Å². The zero-order valence-corrected chi connectivity index (χ0v) is 23.1. The molecule has 0 bridgehead atoms. The number of nitrogens with one attached hydrogen (secondary N) is 1. The third-order valence-corrected chi connectivity index (χ3v) is 8.26. The number of carbonyl (C=O) groups excluding carboxylic acids is 1. The molecule has 0 spiro atoms. The molecule has 4 aromatic rings. The molecule has 196 valence electrons. The number of likely N-dealkylation sites (N-methyl/N-ethyl adjacent to an activating group) is 1. The van der Waals surface area contributed by atoms with Gasteiger partial charge in [0.05, 0.1) is 25.0 Å². The van der Waals surface area contributed by atoms with Gasteiger partial charge < -0.3 is 14.5 Å². The number of nitrogens with zero attached hydrogens (tertiary/aromatic N) is 7. The monoisotopic (exact) mass is 522 g/mol. The molecule has 0 radical (unpaired) electrons. The number of hydrogen-bond donors (Lipinski definition) is 1. The Morgan fingerprint density at radius 1 is 1.30 bits per heavy atom. The fourth-order valence-electron chi connectivity index (χ4n) is 5.13. The topological polar surface area (TPSA) is 105 Å². The molecule has 0 saturated carbocycles. The summed E-state index contributed by atoms with van der Waals surface area (Å²) in [5.41, 5.74) is 5.60. The van der Waals surface area contributed by atoms with Crippen molar-refractivity contribution in [2.24, 2.45) is 0 Å². The normalized spacial score (nSPS) is 14.9. The van der Waals surface area contributed by atoms with E-state index in [1.54, 1.807) is 23.0 Å². The van der Waals surface area contributed by atoms with Gasteiger partial charge in [0.2, 0.25) is 5.91 Å². The van der Waals surface area contributed by atoms with Crippen molar-refractivity contribution in [3.8, 4) is 27.7 Å². The summed E-state index contributed by atoms with van der Waals surface area (Å²) in [7, 11) is 5.50. The number of aryl methyl sites for hydroxylation is 1. The number of methoxy groups -OCH3 is 1. The molecule has 1 aliphatic heterocycles. The number of amides is 1. The second-order valence-electron chi connectivity index (χ2n) is 10.2. The zero-order valence-electron chi connectivity index (χ0n) is 22.3. The standard InChI is InChI=1S/C26H34N8O2S/c1-15(2)21-22(18-11-19(36-6)25-27-14-28-34(25)12-18)30-31-23(21)26-29-16(3)24(37-26)17-7-9-33(10-8-17)20(35)13-32(4)5/h11-12,14-15,17H,7-10,13H2,1-6H3,(H,30,31). The van der Waals surface area contributed by atoms with Crippen LogP contribution in [0.1, 0.15) is 54.7 Å². The predicted molar refractivity (Wildman–Crippen MR) is 144 cm³/mol. The lowest BCUT2D eigenvalue weighted by Crippen LogP contribution is -2.42. The average Bonchev–Trinajstić information content (AvgIpc) is 3.60. The van der Waals surface area contributed by atoms with Crippen LogP contribution in [0.5, 0.6) is 5.75 Å². The SMILES string of the molecule is COc1cc(-c2[nH]nc(-c3nc(C)c(C4CCN(C(=O)CN(C)C)CC4)s3)c2C(C)C)cn2ncnc12. The van der Waals surface area contributed by atoms with Crippen LogP contribution in [0.25, 0.3) is 27.6 Å². The summed E-state index contributed by atoms with van der Waals surface area (Å²) in [6, 6.07) is 1.97. The molecule has 0 aromatic carbocycles. The molecule has 5 heterocycles. The third kappa shape index (κ3) is 4.85. The lowest BCUT2D eigenvalue weighted by Gasteiger charge is -2.32. The van der Waals surface area contributed by atoms with Crippen LogP contribution in [-0.2, 0) is 4.79 Å². The van der Waals surface area contributed by atoms with Crippen molar-refractivity contribution in [2.45, 2.75) is 45.4 Å². The Hall–Kier alpha value is -3.31. The van der Waals surface area contributed by atoms with Gasteiger partial charge in [-0.2, -0.15) is 10.2 Å². The van der Waals surface area contributed by atoms with E-state index in [0.29, 0.717) is 23.9 Å². The van der Waals surface area contributed by atoms with Gasteiger partial charge in [-0.3, -0.25) is 9.89 Å². The first-order valence-electron chi connectivity index (χ1n) is 12.6. The summed E-state index contributed by atoms with van der Waals surface area (Å²) in [6.45, 7) is 8.48. The van der Waals surface area contributed by atoms with Crippen LogP contribution in [0.2, 0.25) is 0 Å². The number of likely N-dealkylation sites (tertiary alicyclic amines) is 1. The van der Waals surface area contributed by atoms with E-state index in [0.717, 1.165) is 59.1 Å². The molecule has 11 heteroatoms. The van der Waals surface area contributed by atoms with Crippen LogP contribution in [0.15, 0.2) is 18.6 Å². The highest BCUT2D eigenvalue weighted by Gasteiger charge is 2.29. The molecule has 1 aliphatic rings. The summed E-state index contributed by atoms with van der Waals surface area (Å²) in [5.74, 6) is 1.49. The Morgan fingerprint density at radius 3 is 2.73 bits per heavy atom. The van der Waals surface area contributed by atoms with Gasteiger partial charge in [0, 0.05) is 35.3 Å². The average molecular weight is 523 g/mol. The first kappa shape index (κ1) is 25.3. The van der Waals surface area contributed by atoms with E-state index < -0.39 is 0 Å². The van der Waals surface area contributed by atoms with Crippen molar-refractivity contribution >= 4 is 22.9 Å². The number of thiazole rings is 1. The highest BCUT2D eigenvalue weighted by molar-refractivity contribution is 7.15. The Balaban J connectivity index is 1.43. The molecule has 10 nitrogen and oxygen atoms in total. The Kier molecular flexibility index (Phi) is 7.00. The number of pyridine rings is 1. The minimum Gasteiger partial charge on any atom is -0.493 e. The minimum absolute atomic E-state index is 0.205. The number of H-pyrrole nitrogens is 1. The van der Waals surface area contributed by atoms with Gasteiger partial charge >= 0.3 is 0 Å². The lowest BCUT2D eigenvalue weighted by atomic mass is 9.94. The largest absolute Gasteiger partial charge is 0.493 e. The number of rotatable bonds is 7. The Labute approximate surface area is 220 Å². The first-order valence-corrected chi connectivity index (χ1v) is 13.4. The van der Waals surface area contributed by atoms with Crippen LogP contribution in [0.3, 0.4) is 0 Å². The smallest absolute Gasteiger partial charge is 0.236 e. The molecule has 1 N–H and O–H groups in total. The van der Waals surface area contributed by atoms with Gasteiger partial charge in [-0.15, -0.1) is 11.3 Å². The molecule has 1 saturated heterocycles. The highest BCUT2D eigenvalue weighted by atomic mass is 32.1. The molecule has 1 amide bonds. The van der Waals surface area contributed by atoms with E-state index in [9.17, 15) is 4.79 Å². The van der Waals surface area contributed by atoms with E-state index in [-0.39, 0.29) is 11.8 Å². The predicted octanol–water partition coefficient (Wildman–Crippen LogP) is 3.95. The maximum Gasteiger partial charge on any atom is 0.236 e. The van der Waals surface area contributed by atoms with Crippen LogP contribution in [0.4, 0.5) is 0 Å². The second-order valence-corrected chi connectivity index (χ2v) is 11.2. The van der Waals surface area contributed by atoms with Crippen molar-refractivity contribution in [3.05, 3.63) is 34.7 Å². The van der Waals surface area contributed by atoms with Gasteiger partial charge in [-0.05, 0) is 51.8 Å². The van der Waals surface area contributed by atoms with E-state index in [1.807, 2.05) is 36.2 Å². The molecular formula is C26H34N8O2S. The van der Waals surface area contributed by atoms with Crippen molar-refractivity contribution in [1.82, 2.24) is 39.6 Å². The zero-order chi connectivity index (χ0) is 26.3. The lowest BCUT2D eigenvalue weighted by molar-refractivity contribution is -0.132. The first-order chi connectivity index (χ1) is 17.8. The molecule has 5 rings (SSSR count). The second kappa shape index (κ2) is 10.2. The number of hydrogen-bond acceptors (Lipinski definition) is 8. The maximum absolute atomic E-state index is 12.5. The molecule has 4 aromatic heterocycles. The fraction of sp³-hybridized carbons (Fsp3) is 0.500. The summed E-state index contributed by atoms with van der Waals surface area (Å²) in [5, 5.41) is 13.3. The molecular weight excluding hydrogens is 488 g/mol. The molecule has 37 heavy (non-hydrogen) atoms. The Bertz CT molecular complexity index is 1410. The van der Waals surface area contributed by atoms with Crippen LogP contribution >= 0.6 is 11.3 Å². The van der Waals surface area contributed by atoms with Gasteiger partial charge in [0.25, 0.3) is 0 Å². The van der Waals surface area contributed by atoms with Crippen LogP contribution < -0.4 is 4.74 Å². The number of fused-ring (bicyclic) bond motifs is 1. The summed E-state index contributed by atoms with van der Waals surface area (Å²) in [6.07, 6.45) is 5.38. The molecule has 1 fully saturated rings. The van der Waals surface area contributed by atoms with E-state index in [4.69, 9.17) is 14.8 Å². The van der Waals surface area contributed by atoms with Crippen molar-refractivity contribution in [1.29, 1.82) is 0 Å². The van der Waals surface area contributed by atoms with Gasteiger partial charge in [0.15, 0.2) is 11.4 Å². The van der Waals surface area contributed by atoms with Gasteiger partial charge in [-0.1, -0.05) is 13.8 Å². The number of aromatic nitrogens is 6. The fourth-order valence-corrected chi connectivity index (χ4v) is 6.37. The number of piperidine rings is 1. The highest BCUT2D eigenvalue weighted by Crippen LogP contribution is 2.42. The van der Waals surface area contributed by atoms with E-state index >= 15 is 0 Å². The van der Waals surface area contributed by atoms with Crippen molar-refractivity contribution in [2.75, 3.05) is 40.8 Å². The molecule has 0 unspecified atom stereocenters. The van der Waals surface area contributed by atoms with Crippen LogP contribution in [-0.4, -0.2) is 86.3 Å². The van der Waals surface area contributed by atoms with E-state index in [1.165, 1.54) is 11.2 Å². The number of ether oxygens (including phenoxy) is 1. The van der Waals surface area contributed by atoms with Gasteiger partial charge in [0.1, 0.15) is 17.0 Å². The number of carbonyl (C=O) groups is 1. The third-order valence-electron chi connectivity index (χ3n) is 6.94. The summed E-state index contributed by atoms with van der Waals surface area (Å²) in [4.78, 5) is 27.0. The molecule has 0 atom stereocenters. The summed E-state index contributed by atoms with van der Waals surface area (Å²) < 4.78 is 7.29. The Morgan fingerprint density at radius 2 is 2.05 bits per heavy atom. The van der Waals surface area contributed by atoms with E-state index in [2.05, 4.69) is 36.0 Å². The molecule has 0 aliphatic carbocycles. The maximum atomic E-state index is 12.5.